The highest BCUT2D eigenvalue weighted by molar-refractivity contribution is 5.17. The first kappa shape index (κ1) is 14.7. The number of aliphatic hydroxyl groups is 1. The fourth-order valence-electron chi connectivity index (χ4n) is 3.92. The Balaban J connectivity index is 1.69. The summed E-state index contributed by atoms with van der Waals surface area (Å²) in [5, 5.41) is 9.92. The summed E-state index contributed by atoms with van der Waals surface area (Å²) >= 11 is 0. The molecule has 2 atom stereocenters. The molecule has 116 valence electrons. The number of likely N-dealkylation sites (tertiary alicyclic amines) is 2. The maximum atomic E-state index is 9.92. The van der Waals surface area contributed by atoms with Crippen molar-refractivity contribution in [3.8, 4) is 0 Å². The van der Waals surface area contributed by atoms with Crippen molar-refractivity contribution in [2.45, 2.75) is 31.8 Å². The number of fused-ring (bicyclic) bond motifs is 1. The third-order valence-corrected chi connectivity index (χ3v) is 5.23. The summed E-state index contributed by atoms with van der Waals surface area (Å²) in [4.78, 5) is 13.0. The Labute approximate surface area is 126 Å². The average Bonchev–Trinajstić information content (AvgIpc) is 2.50. The number of nitrogen functional groups attached to an aromatic ring is 1. The van der Waals surface area contributed by atoms with Gasteiger partial charge in [0.05, 0.1) is 6.61 Å². The number of nitrogens with two attached hydrogens (primary N) is 1. The van der Waals surface area contributed by atoms with Crippen LogP contribution in [0.15, 0.2) is 12.4 Å². The summed E-state index contributed by atoms with van der Waals surface area (Å²) in [7, 11) is 2.18. The van der Waals surface area contributed by atoms with Gasteiger partial charge in [0.15, 0.2) is 0 Å². The van der Waals surface area contributed by atoms with Crippen molar-refractivity contribution in [1.29, 1.82) is 0 Å². The van der Waals surface area contributed by atoms with Crippen LogP contribution in [0.2, 0.25) is 0 Å². The van der Waals surface area contributed by atoms with Crippen molar-refractivity contribution in [3.05, 3.63) is 18.0 Å². The van der Waals surface area contributed by atoms with Crippen molar-refractivity contribution in [2.75, 3.05) is 39.0 Å². The molecule has 2 saturated heterocycles. The van der Waals surface area contributed by atoms with E-state index in [1.165, 1.54) is 6.42 Å². The maximum Gasteiger partial charge on any atom is 0.219 e. The van der Waals surface area contributed by atoms with Gasteiger partial charge < -0.3 is 15.7 Å². The molecule has 2 aliphatic rings. The van der Waals surface area contributed by atoms with E-state index < -0.39 is 0 Å². The number of rotatable bonds is 3. The summed E-state index contributed by atoms with van der Waals surface area (Å²) in [6, 6.07) is 0.444. The van der Waals surface area contributed by atoms with E-state index in [1.807, 2.05) is 0 Å². The number of piperidine rings is 2. The standard InChI is InChI=1S/C15H25N5O/c1-19-5-2-3-15(11-21)4-6-20(10-13(15)19)9-12-7-17-14(16)18-8-12/h7-8,13,21H,2-6,9-11H2,1H3,(H2,16,17,18)/t13-,15-/m1/s1. The first-order valence-electron chi connectivity index (χ1n) is 7.73. The zero-order valence-corrected chi connectivity index (χ0v) is 12.7. The zero-order valence-electron chi connectivity index (χ0n) is 12.7. The minimum Gasteiger partial charge on any atom is -0.396 e. The van der Waals surface area contributed by atoms with Gasteiger partial charge in [-0.1, -0.05) is 0 Å². The normalized spacial score (nSPS) is 31.0. The molecular formula is C15H25N5O. The molecule has 21 heavy (non-hydrogen) atoms. The molecule has 3 rings (SSSR count). The molecule has 0 aliphatic carbocycles. The Bertz CT molecular complexity index is 479. The van der Waals surface area contributed by atoms with Gasteiger partial charge in [0.25, 0.3) is 0 Å². The molecule has 0 radical (unpaired) electrons. The van der Waals surface area contributed by atoms with Crippen LogP contribution in [0.25, 0.3) is 0 Å². The molecule has 0 aromatic carbocycles. The van der Waals surface area contributed by atoms with Gasteiger partial charge in [-0.15, -0.1) is 0 Å². The molecule has 0 saturated carbocycles. The van der Waals surface area contributed by atoms with E-state index in [9.17, 15) is 5.11 Å². The fourth-order valence-corrected chi connectivity index (χ4v) is 3.92. The highest BCUT2D eigenvalue weighted by atomic mass is 16.3. The van der Waals surface area contributed by atoms with Gasteiger partial charge in [-0.25, -0.2) is 9.97 Å². The summed E-state index contributed by atoms with van der Waals surface area (Å²) in [6.07, 6.45) is 7.02. The molecule has 6 nitrogen and oxygen atoms in total. The molecule has 2 aliphatic heterocycles. The Morgan fingerprint density at radius 1 is 1.33 bits per heavy atom. The van der Waals surface area contributed by atoms with Gasteiger partial charge in [-0.05, 0) is 39.4 Å². The van der Waals surface area contributed by atoms with Crippen molar-refractivity contribution in [3.63, 3.8) is 0 Å². The van der Waals surface area contributed by atoms with Gasteiger partial charge in [-0.3, -0.25) is 4.90 Å². The number of hydrogen-bond acceptors (Lipinski definition) is 6. The first-order valence-corrected chi connectivity index (χ1v) is 7.73. The molecule has 0 amide bonds. The fraction of sp³-hybridized carbons (Fsp3) is 0.733. The van der Waals surface area contributed by atoms with Crippen LogP contribution in [0.1, 0.15) is 24.8 Å². The summed E-state index contributed by atoms with van der Waals surface area (Å²) in [5.41, 5.74) is 6.73. The summed E-state index contributed by atoms with van der Waals surface area (Å²) < 4.78 is 0. The molecule has 2 fully saturated rings. The second kappa shape index (κ2) is 5.87. The second-order valence-electron chi connectivity index (χ2n) is 6.56. The largest absolute Gasteiger partial charge is 0.396 e. The zero-order chi connectivity index (χ0) is 14.9. The van der Waals surface area contributed by atoms with Gasteiger partial charge in [0.1, 0.15) is 0 Å². The molecule has 1 aromatic heterocycles. The van der Waals surface area contributed by atoms with Crippen molar-refractivity contribution in [1.82, 2.24) is 19.8 Å². The molecule has 3 N–H and O–H groups in total. The Kier molecular flexibility index (Phi) is 4.10. The van der Waals surface area contributed by atoms with Gasteiger partial charge in [-0.2, -0.15) is 0 Å². The maximum absolute atomic E-state index is 9.92. The van der Waals surface area contributed by atoms with Crippen LogP contribution in [0.4, 0.5) is 5.95 Å². The van der Waals surface area contributed by atoms with Crippen LogP contribution in [0.5, 0.6) is 0 Å². The van der Waals surface area contributed by atoms with E-state index in [0.29, 0.717) is 18.6 Å². The number of aromatic nitrogens is 2. The number of hydrogen-bond donors (Lipinski definition) is 2. The minimum absolute atomic E-state index is 0.0983. The lowest BCUT2D eigenvalue weighted by molar-refractivity contribution is -0.0684. The number of aliphatic hydroxyl groups excluding tert-OH is 1. The first-order chi connectivity index (χ1) is 10.1. The minimum atomic E-state index is 0.0983. The van der Waals surface area contributed by atoms with Crippen LogP contribution in [-0.4, -0.2) is 64.2 Å². The lowest BCUT2D eigenvalue weighted by Crippen LogP contribution is -2.61. The quantitative estimate of drug-likeness (QED) is 0.836. The molecule has 1 aromatic rings. The van der Waals surface area contributed by atoms with Gasteiger partial charge in [0.2, 0.25) is 5.95 Å². The molecular weight excluding hydrogens is 266 g/mol. The van der Waals surface area contributed by atoms with Gasteiger partial charge >= 0.3 is 0 Å². The number of anilines is 1. The van der Waals surface area contributed by atoms with Crippen LogP contribution in [-0.2, 0) is 6.54 Å². The van der Waals surface area contributed by atoms with Crippen LogP contribution in [0, 0.1) is 5.41 Å². The van der Waals surface area contributed by atoms with Crippen molar-refractivity contribution < 1.29 is 5.11 Å². The lowest BCUT2D eigenvalue weighted by Gasteiger charge is -2.53. The SMILES string of the molecule is CN1CCC[C@]2(CO)CCN(Cc3cnc(N)nc3)C[C@@H]12. The van der Waals surface area contributed by atoms with Gasteiger partial charge in [0, 0.05) is 42.5 Å². The Hall–Kier alpha value is -1.24. The van der Waals surface area contributed by atoms with Crippen LogP contribution in [0.3, 0.4) is 0 Å². The van der Waals surface area contributed by atoms with E-state index in [4.69, 9.17) is 5.73 Å². The number of nitrogens with zero attached hydrogens (tertiary/aromatic N) is 4. The lowest BCUT2D eigenvalue weighted by atomic mass is 9.69. The summed E-state index contributed by atoms with van der Waals surface area (Å²) in [6.45, 7) is 4.31. The topological polar surface area (TPSA) is 78.5 Å². The van der Waals surface area contributed by atoms with Crippen molar-refractivity contribution in [2.24, 2.45) is 5.41 Å². The Morgan fingerprint density at radius 2 is 2.10 bits per heavy atom. The third-order valence-electron chi connectivity index (χ3n) is 5.23. The monoisotopic (exact) mass is 291 g/mol. The number of likely N-dealkylation sites (N-methyl/N-ethyl adjacent to an activating group) is 1. The second-order valence-corrected chi connectivity index (χ2v) is 6.56. The molecule has 0 spiro atoms. The van der Waals surface area contributed by atoms with E-state index in [0.717, 1.165) is 44.6 Å². The van der Waals surface area contributed by atoms with E-state index in [1.54, 1.807) is 12.4 Å². The van der Waals surface area contributed by atoms with E-state index >= 15 is 0 Å². The van der Waals surface area contributed by atoms with Crippen LogP contribution < -0.4 is 5.73 Å². The molecule has 0 unspecified atom stereocenters. The van der Waals surface area contributed by atoms with Crippen LogP contribution >= 0.6 is 0 Å². The predicted octanol–water partition coefficient (Wildman–Crippen LogP) is 0.337. The Morgan fingerprint density at radius 3 is 2.81 bits per heavy atom. The molecule has 3 heterocycles. The predicted molar refractivity (Wildman–Crippen MR) is 81.5 cm³/mol. The van der Waals surface area contributed by atoms with E-state index in [-0.39, 0.29) is 5.41 Å². The molecule has 0 bridgehead atoms. The smallest absolute Gasteiger partial charge is 0.219 e. The summed E-state index contributed by atoms with van der Waals surface area (Å²) in [5.74, 6) is 0.323. The average molecular weight is 291 g/mol. The molecule has 6 heteroatoms. The van der Waals surface area contributed by atoms with E-state index in [2.05, 4.69) is 26.8 Å². The highest BCUT2D eigenvalue weighted by Gasteiger charge is 2.46. The van der Waals surface area contributed by atoms with Crippen molar-refractivity contribution >= 4 is 5.95 Å². The third kappa shape index (κ3) is 2.88. The highest BCUT2D eigenvalue weighted by Crippen LogP contribution is 2.41.